The fourth-order valence-corrected chi connectivity index (χ4v) is 5.20. The molecule has 0 aliphatic carbocycles. The number of furan rings is 1. The first-order chi connectivity index (χ1) is 16.2. The number of benzene rings is 2. The Bertz CT molecular complexity index is 1290. The van der Waals surface area contributed by atoms with Crippen LogP contribution in [0.25, 0.3) is 0 Å². The van der Waals surface area contributed by atoms with E-state index in [1.807, 2.05) is 0 Å². The number of nitrogens with one attached hydrogen (secondary N) is 2. The molecular weight excluding hydrogens is 461 g/mol. The Labute approximate surface area is 196 Å². The zero-order chi connectivity index (χ0) is 24.3. The number of likely N-dealkylation sites (tertiary alicyclic amines) is 1. The average molecular weight is 486 g/mol. The van der Waals surface area contributed by atoms with Crippen molar-refractivity contribution in [1.29, 1.82) is 0 Å². The maximum absolute atomic E-state index is 13.1. The van der Waals surface area contributed by atoms with Crippen LogP contribution >= 0.6 is 0 Å². The van der Waals surface area contributed by atoms with Crippen molar-refractivity contribution in [3.05, 3.63) is 78.0 Å². The van der Waals surface area contributed by atoms with E-state index in [-0.39, 0.29) is 34.7 Å². The summed E-state index contributed by atoms with van der Waals surface area (Å²) in [5, 5.41) is 2.77. The molecule has 10 heteroatoms. The fourth-order valence-electron chi connectivity index (χ4n) is 3.87. The van der Waals surface area contributed by atoms with Crippen LogP contribution < -0.4 is 10.0 Å². The van der Waals surface area contributed by atoms with Crippen LogP contribution in [-0.2, 0) is 14.8 Å². The van der Waals surface area contributed by atoms with Crippen molar-refractivity contribution in [2.45, 2.75) is 24.7 Å². The minimum atomic E-state index is -3.97. The monoisotopic (exact) mass is 485 g/mol. The van der Waals surface area contributed by atoms with Gasteiger partial charge in [-0.2, -0.15) is 0 Å². The number of sulfonamides is 1. The first-order valence-corrected chi connectivity index (χ1v) is 12.2. The zero-order valence-electron chi connectivity index (χ0n) is 18.5. The van der Waals surface area contributed by atoms with Gasteiger partial charge in [-0.3, -0.25) is 14.3 Å². The Kier molecular flexibility index (Phi) is 6.69. The average Bonchev–Trinajstić information content (AvgIpc) is 3.36. The van der Waals surface area contributed by atoms with E-state index >= 15 is 0 Å². The number of aryl methyl sites for hydroxylation is 1. The summed E-state index contributed by atoms with van der Waals surface area (Å²) in [7, 11) is -3.97. The molecular formula is C24H24FN3O5S. The molecule has 4 rings (SSSR count). The van der Waals surface area contributed by atoms with Crippen molar-refractivity contribution >= 4 is 33.2 Å². The number of halogens is 1. The SMILES string of the molecule is Cc1ccc(NC(=O)C2CCCN(C(=O)c3ccco3)C2)cc1S(=O)(=O)Nc1ccc(F)cc1. The van der Waals surface area contributed by atoms with Gasteiger partial charge in [0.25, 0.3) is 15.9 Å². The van der Waals surface area contributed by atoms with Crippen LogP contribution in [0.2, 0.25) is 0 Å². The van der Waals surface area contributed by atoms with Crippen LogP contribution in [0.5, 0.6) is 0 Å². The van der Waals surface area contributed by atoms with Crippen LogP contribution in [0.4, 0.5) is 15.8 Å². The summed E-state index contributed by atoms with van der Waals surface area (Å²) in [6, 6.07) is 12.8. The van der Waals surface area contributed by atoms with E-state index in [1.165, 1.54) is 24.5 Å². The molecule has 2 heterocycles. The highest BCUT2D eigenvalue weighted by Gasteiger charge is 2.30. The maximum atomic E-state index is 13.1. The normalized spacial score (nSPS) is 16.2. The fraction of sp³-hybridized carbons (Fsp3) is 0.250. The lowest BCUT2D eigenvalue weighted by Gasteiger charge is -2.31. The maximum Gasteiger partial charge on any atom is 0.289 e. The van der Waals surface area contributed by atoms with Crippen molar-refractivity contribution in [3.8, 4) is 0 Å². The number of amides is 2. The third-order valence-electron chi connectivity index (χ3n) is 5.65. The summed E-state index contributed by atoms with van der Waals surface area (Å²) in [5.41, 5.74) is 1.03. The highest BCUT2D eigenvalue weighted by atomic mass is 32.2. The Morgan fingerprint density at radius 2 is 1.82 bits per heavy atom. The first kappa shape index (κ1) is 23.5. The topological polar surface area (TPSA) is 109 Å². The summed E-state index contributed by atoms with van der Waals surface area (Å²) in [6.45, 7) is 2.42. The molecule has 1 aliphatic rings. The summed E-state index contributed by atoms with van der Waals surface area (Å²) >= 11 is 0. The van der Waals surface area contributed by atoms with Gasteiger partial charge in [0.15, 0.2) is 5.76 Å². The highest BCUT2D eigenvalue weighted by molar-refractivity contribution is 7.92. The smallest absolute Gasteiger partial charge is 0.289 e. The van der Waals surface area contributed by atoms with Crippen molar-refractivity contribution in [2.24, 2.45) is 5.92 Å². The summed E-state index contributed by atoms with van der Waals surface area (Å²) in [4.78, 5) is 27.1. The van der Waals surface area contributed by atoms with Gasteiger partial charge in [0.1, 0.15) is 5.82 Å². The molecule has 0 bridgehead atoms. The molecule has 2 aromatic carbocycles. The second-order valence-corrected chi connectivity index (χ2v) is 9.80. The number of piperidine rings is 1. The van der Waals surface area contributed by atoms with Gasteiger partial charge in [-0.05, 0) is 73.9 Å². The minimum Gasteiger partial charge on any atom is -0.459 e. The lowest BCUT2D eigenvalue weighted by Crippen LogP contribution is -2.43. The van der Waals surface area contributed by atoms with Gasteiger partial charge in [-0.1, -0.05) is 6.07 Å². The lowest BCUT2D eigenvalue weighted by atomic mass is 9.96. The van der Waals surface area contributed by atoms with E-state index in [2.05, 4.69) is 10.0 Å². The van der Waals surface area contributed by atoms with Crippen molar-refractivity contribution in [2.75, 3.05) is 23.1 Å². The zero-order valence-corrected chi connectivity index (χ0v) is 19.3. The molecule has 34 heavy (non-hydrogen) atoms. The number of carbonyl (C=O) groups is 2. The molecule has 1 saturated heterocycles. The Morgan fingerprint density at radius 1 is 1.09 bits per heavy atom. The van der Waals surface area contributed by atoms with Gasteiger partial charge in [0.2, 0.25) is 5.91 Å². The van der Waals surface area contributed by atoms with Gasteiger partial charge in [0.05, 0.1) is 17.1 Å². The lowest BCUT2D eigenvalue weighted by molar-refractivity contribution is -0.121. The molecule has 0 spiro atoms. The standard InChI is InChI=1S/C24H24FN3O5S/c1-16-6-9-20(14-22(16)34(31,32)27-19-10-7-18(25)8-11-19)26-23(29)17-4-2-12-28(15-17)24(30)21-5-3-13-33-21/h3,5-11,13-14,17,27H,2,4,12,15H2,1H3,(H,26,29). The molecule has 0 radical (unpaired) electrons. The van der Waals surface area contributed by atoms with E-state index in [0.717, 1.165) is 12.1 Å². The summed E-state index contributed by atoms with van der Waals surface area (Å²) in [5.74, 6) is -1.25. The number of hydrogen-bond donors (Lipinski definition) is 2. The quantitative estimate of drug-likeness (QED) is 0.548. The predicted octanol–water partition coefficient (Wildman–Crippen LogP) is 4.02. The molecule has 1 unspecified atom stereocenters. The predicted molar refractivity (Wildman–Crippen MR) is 124 cm³/mol. The van der Waals surface area contributed by atoms with Gasteiger partial charge in [-0.15, -0.1) is 0 Å². The van der Waals surface area contributed by atoms with Crippen molar-refractivity contribution < 1.29 is 26.8 Å². The number of carbonyl (C=O) groups excluding carboxylic acids is 2. The Hall–Kier alpha value is -3.66. The van der Waals surface area contributed by atoms with Crippen LogP contribution in [0.3, 0.4) is 0 Å². The first-order valence-electron chi connectivity index (χ1n) is 10.8. The molecule has 8 nitrogen and oxygen atoms in total. The molecule has 1 aromatic heterocycles. The third kappa shape index (κ3) is 5.28. The summed E-state index contributed by atoms with van der Waals surface area (Å²) < 4.78 is 46.5. The van der Waals surface area contributed by atoms with Crippen molar-refractivity contribution in [3.63, 3.8) is 0 Å². The Balaban J connectivity index is 1.46. The van der Waals surface area contributed by atoms with Crippen LogP contribution in [-0.4, -0.2) is 38.2 Å². The van der Waals surface area contributed by atoms with Gasteiger partial charge < -0.3 is 14.6 Å². The molecule has 2 N–H and O–H groups in total. The van der Waals surface area contributed by atoms with E-state index < -0.39 is 21.8 Å². The molecule has 1 fully saturated rings. The van der Waals surface area contributed by atoms with E-state index in [4.69, 9.17) is 4.42 Å². The van der Waals surface area contributed by atoms with Crippen molar-refractivity contribution in [1.82, 2.24) is 4.90 Å². The van der Waals surface area contributed by atoms with E-state index in [0.29, 0.717) is 30.6 Å². The number of nitrogens with zero attached hydrogens (tertiary/aromatic N) is 1. The molecule has 178 valence electrons. The minimum absolute atomic E-state index is 0.00658. The number of rotatable bonds is 6. The van der Waals surface area contributed by atoms with Gasteiger partial charge >= 0.3 is 0 Å². The molecule has 0 saturated carbocycles. The van der Waals surface area contributed by atoms with Crippen LogP contribution in [0.15, 0.2) is 70.2 Å². The molecule has 1 aliphatic heterocycles. The van der Waals surface area contributed by atoms with E-state index in [9.17, 15) is 22.4 Å². The Morgan fingerprint density at radius 3 is 2.53 bits per heavy atom. The second-order valence-electron chi connectivity index (χ2n) is 8.15. The number of anilines is 2. The second kappa shape index (κ2) is 9.68. The van der Waals surface area contributed by atoms with Gasteiger partial charge in [-0.25, -0.2) is 12.8 Å². The largest absolute Gasteiger partial charge is 0.459 e. The molecule has 2 amide bonds. The third-order valence-corrected chi connectivity index (χ3v) is 7.18. The molecule has 1 atom stereocenters. The van der Waals surface area contributed by atoms with Crippen LogP contribution in [0.1, 0.15) is 29.0 Å². The number of hydrogen-bond acceptors (Lipinski definition) is 5. The van der Waals surface area contributed by atoms with Crippen LogP contribution in [0, 0.1) is 18.7 Å². The van der Waals surface area contributed by atoms with Gasteiger partial charge in [0, 0.05) is 24.5 Å². The highest BCUT2D eigenvalue weighted by Crippen LogP contribution is 2.25. The summed E-state index contributed by atoms with van der Waals surface area (Å²) in [6.07, 6.45) is 2.70. The van der Waals surface area contributed by atoms with E-state index in [1.54, 1.807) is 36.1 Å². The molecule has 3 aromatic rings.